The third kappa shape index (κ3) is 7.60. The van der Waals surface area contributed by atoms with Crippen molar-refractivity contribution in [1.82, 2.24) is 0 Å². The van der Waals surface area contributed by atoms with Crippen LogP contribution < -0.4 is 4.90 Å². The summed E-state index contributed by atoms with van der Waals surface area (Å²) in [5.41, 5.74) is 22.2. The van der Waals surface area contributed by atoms with E-state index in [9.17, 15) is 0 Å². The molecule has 0 atom stereocenters. The standard InChI is InChI=1S/C71H49N/c1-4-17-50(18-5-1)56-21-14-23-58(45-56)60-25-16-30-65(48-60)72(66-43-44-68-67-31-12-13-32-69(67)71(70(68)49-66,62-26-6-2-7-27-62)63-28-8-3-9-29-63)64-41-39-53(40-42-64)52-33-35-54(36-34-52)57-22-15-24-59(46-57)61-38-37-51-19-10-11-20-55(51)47-61/h1-49H. The highest BCUT2D eigenvalue weighted by Gasteiger charge is 2.46. The van der Waals surface area contributed by atoms with E-state index < -0.39 is 5.41 Å². The van der Waals surface area contributed by atoms with Crippen molar-refractivity contribution in [2.75, 3.05) is 4.90 Å². The van der Waals surface area contributed by atoms with E-state index in [1.807, 2.05) is 0 Å². The van der Waals surface area contributed by atoms with Crippen molar-refractivity contribution in [3.05, 3.63) is 320 Å². The number of rotatable bonds is 10. The number of anilines is 3. The van der Waals surface area contributed by atoms with Gasteiger partial charge < -0.3 is 4.90 Å². The first-order valence-electron chi connectivity index (χ1n) is 24.9. The summed E-state index contributed by atoms with van der Waals surface area (Å²) in [6, 6.07) is 109. The first kappa shape index (κ1) is 42.8. The van der Waals surface area contributed by atoms with Crippen LogP contribution in [0.2, 0.25) is 0 Å². The summed E-state index contributed by atoms with van der Waals surface area (Å²) in [5.74, 6) is 0. The second-order valence-corrected chi connectivity index (χ2v) is 18.9. The lowest BCUT2D eigenvalue weighted by molar-refractivity contribution is 0.768. The molecule has 1 nitrogen and oxygen atoms in total. The highest BCUT2D eigenvalue weighted by Crippen LogP contribution is 2.57. The highest BCUT2D eigenvalue weighted by molar-refractivity contribution is 5.91. The zero-order chi connectivity index (χ0) is 47.8. The van der Waals surface area contributed by atoms with Crippen molar-refractivity contribution < 1.29 is 0 Å². The molecule has 338 valence electrons. The Morgan fingerprint density at radius 2 is 0.611 bits per heavy atom. The lowest BCUT2D eigenvalue weighted by Crippen LogP contribution is -2.28. The molecule has 13 rings (SSSR count). The van der Waals surface area contributed by atoms with E-state index in [0.29, 0.717) is 0 Å². The van der Waals surface area contributed by atoms with Crippen LogP contribution in [0.4, 0.5) is 17.1 Å². The molecule has 0 saturated heterocycles. The van der Waals surface area contributed by atoms with E-state index in [0.717, 1.165) is 22.6 Å². The van der Waals surface area contributed by atoms with Crippen molar-refractivity contribution in [2.24, 2.45) is 0 Å². The van der Waals surface area contributed by atoms with Gasteiger partial charge in [-0.2, -0.15) is 0 Å². The molecule has 0 heterocycles. The molecule has 0 unspecified atom stereocenters. The normalized spacial score (nSPS) is 12.3. The lowest BCUT2D eigenvalue weighted by atomic mass is 9.67. The molecule has 0 aliphatic heterocycles. The zero-order valence-corrected chi connectivity index (χ0v) is 39.7. The Labute approximate surface area is 422 Å². The second kappa shape index (κ2) is 18.2. The van der Waals surface area contributed by atoms with Crippen LogP contribution in [0.15, 0.2) is 297 Å². The summed E-state index contributed by atoms with van der Waals surface area (Å²) < 4.78 is 0. The second-order valence-electron chi connectivity index (χ2n) is 18.9. The van der Waals surface area contributed by atoms with E-state index in [-0.39, 0.29) is 0 Å². The number of fused-ring (bicyclic) bond motifs is 4. The fourth-order valence-electron chi connectivity index (χ4n) is 11.3. The maximum Gasteiger partial charge on any atom is 0.0714 e. The summed E-state index contributed by atoms with van der Waals surface area (Å²) in [4.78, 5) is 2.43. The Balaban J connectivity index is 0.906. The Hall–Kier alpha value is -9.30. The quantitative estimate of drug-likeness (QED) is 0.132. The maximum atomic E-state index is 2.46. The van der Waals surface area contributed by atoms with Gasteiger partial charge in [-0.3, -0.25) is 0 Å². The number of hydrogen-bond donors (Lipinski definition) is 0. The average Bonchev–Trinajstić information content (AvgIpc) is 3.76. The molecule has 0 bridgehead atoms. The van der Waals surface area contributed by atoms with E-state index in [2.05, 4.69) is 302 Å². The van der Waals surface area contributed by atoms with Gasteiger partial charge in [-0.25, -0.2) is 0 Å². The molecule has 0 fully saturated rings. The van der Waals surface area contributed by atoms with E-state index >= 15 is 0 Å². The van der Waals surface area contributed by atoms with Gasteiger partial charge in [0.2, 0.25) is 0 Å². The van der Waals surface area contributed by atoms with Crippen molar-refractivity contribution in [2.45, 2.75) is 5.41 Å². The van der Waals surface area contributed by atoms with Crippen LogP contribution in [0, 0.1) is 0 Å². The Morgan fingerprint density at radius 3 is 1.25 bits per heavy atom. The van der Waals surface area contributed by atoms with Crippen molar-refractivity contribution in [3.8, 4) is 66.8 Å². The van der Waals surface area contributed by atoms with Crippen LogP contribution in [0.25, 0.3) is 77.5 Å². The van der Waals surface area contributed by atoms with Crippen molar-refractivity contribution in [1.29, 1.82) is 0 Å². The van der Waals surface area contributed by atoms with E-state index in [4.69, 9.17) is 0 Å². The summed E-state index contributed by atoms with van der Waals surface area (Å²) in [7, 11) is 0. The molecule has 1 aliphatic rings. The molecule has 12 aromatic rings. The van der Waals surface area contributed by atoms with Gasteiger partial charge in [0.25, 0.3) is 0 Å². The molecule has 1 aliphatic carbocycles. The Bertz CT molecular complexity index is 3850. The fourth-order valence-corrected chi connectivity index (χ4v) is 11.3. The lowest BCUT2D eigenvalue weighted by Gasteiger charge is -2.35. The molecule has 72 heavy (non-hydrogen) atoms. The molecular weight excluding hydrogens is 867 g/mol. The largest absolute Gasteiger partial charge is 0.310 e. The van der Waals surface area contributed by atoms with Gasteiger partial charge >= 0.3 is 0 Å². The molecule has 0 amide bonds. The molecule has 0 saturated carbocycles. The number of nitrogens with zero attached hydrogens (tertiary/aromatic N) is 1. The van der Waals surface area contributed by atoms with Gasteiger partial charge in [-0.1, -0.05) is 243 Å². The van der Waals surface area contributed by atoms with Gasteiger partial charge in [0, 0.05) is 17.1 Å². The smallest absolute Gasteiger partial charge is 0.0714 e. The van der Waals surface area contributed by atoms with Gasteiger partial charge in [-0.15, -0.1) is 0 Å². The Morgan fingerprint density at radius 1 is 0.208 bits per heavy atom. The first-order valence-corrected chi connectivity index (χ1v) is 24.9. The molecule has 1 heteroatoms. The van der Waals surface area contributed by atoms with Crippen LogP contribution in [-0.4, -0.2) is 0 Å². The molecule has 12 aromatic carbocycles. The molecule has 0 radical (unpaired) electrons. The van der Waals surface area contributed by atoms with Crippen molar-refractivity contribution in [3.63, 3.8) is 0 Å². The highest BCUT2D eigenvalue weighted by atomic mass is 15.1. The molecule has 0 spiro atoms. The van der Waals surface area contributed by atoms with Crippen LogP contribution in [-0.2, 0) is 5.41 Å². The van der Waals surface area contributed by atoms with Gasteiger partial charge in [0.05, 0.1) is 5.41 Å². The molecule has 0 aromatic heterocycles. The molecule has 0 N–H and O–H groups in total. The zero-order valence-electron chi connectivity index (χ0n) is 39.7. The van der Waals surface area contributed by atoms with E-state index in [1.54, 1.807) is 0 Å². The Kier molecular flexibility index (Phi) is 10.8. The summed E-state index contributed by atoms with van der Waals surface area (Å²) in [5, 5.41) is 2.51. The average molecular weight is 916 g/mol. The van der Waals surface area contributed by atoms with Gasteiger partial charge in [-0.05, 0) is 154 Å². The third-order valence-corrected chi connectivity index (χ3v) is 14.7. The third-order valence-electron chi connectivity index (χ3n) is 14.7. The summed E-state index contributed by atoms with van der Waals surface area (Å²) in [6.45, 7) is 0. The van der Waals surface area contributed by atoms with Gasteiger partial charge in [0.15, 0.2) is 0 Å². The number of hydrogen-bond acceptors (Lipinski definition) is 1. The maximum absolute atomic E-state index is 2.46. The first-order chi connectivity index (χ1) is 35.7. The van der Waals surface area contributed by atoms with Gasteiger partial charge in [0.1, 0.15) is 0 Å². The number of benzene rings is 12. The minimum absolute atomic E-state index is 0.524. The van der Waals surface area contributed by atoms with Crippen LogP contribution in [0.5, 0.6) is 0 Å². The SMILES string of the molecule is c1ccc(-c2cccc(-c3cccc(N(c4ccc(-c5ccc(-c6cccc(-c7ccc8ccccc8c7)c6)cc5)cc4)c4ccc5c(c4)C(c4ccccc4)(c4ccccc4)c4ccccc4-5)c3)c2)cc1. The van der Waals surface area contributed by atoms with Crippen LogP contribution in [0.3, 0.4) is 0 Å². The summed E-state index contributed by atoms with van der Waals surface area (Å²) >= 11 is 0. The van der Waals surface area contributed by atoms with Crippen molar-refractivity contribution >= 4 is 27.8 Å². The monoisotopic (exact) mass is 915 g/mol. The topological polar surface area (TPSA) is 3.24 Å². The predicted molar refractivity (Wildman–Crippen MR) is 303 cm³/mol. The minimum atomic E-state index is -0.524. The van der Waals surface area contributed by atoms with Crippen LogP contribution in [0.1, 0.15) is 22.3 Å². The fraction of sp³-hybridized carbons (Fsp3) is 0.0141. The summed E-state index contributed by atoms with van der Waals surface area (Å²) in [6.07, 6.45) is 0. The minimum Gasteiger partial charge on any atom is -0.310 e. The molecular formula is C71H49N. The predicted octanol–water partition coefficient (Wildman–Crippen LogP) is 19.0. The van der Waals surface area contributed by atoms with E-state index in [1.165, 1.54) is 94.2 Å². The van der Waals surface area contributed by atoms with Crippen LogP contribution >= 0.6 is 0 Å².